The number of ether oxygens (including phenoxy) is 2. The number of benzene rings is 1. The third kappa shape index (κ3) is 5.63. The van der Waals surface area contributed by atoms with Gasteiger partial charge >= 0.3 is 0 Å². The molecule has 0 radical (unpaired) electrons. The van der Waals surface area contributed by atoms with E-state index < -0.39 is 5.82 Å². The lowest BCUT2D eigenvalue weighted by molar-refractivity contribution is -0.123. The number of aromatic nitrogens is 1. The highest BCUT2D eigenvalue weighted by molar-refractivity contribution is 6.30. The van der Waals surface area contributed by atoms with Crippen LogP contribution in [0.5, 0.6) is 5.88 Å². The van der Waals surface area contributed by atoms with Crippen LogP contribution in [0.1, 0.15) is 11.7 Å². The number of pyridine rings is 1. The fourth-order valence-corrected chi connectivity index (χ4v) is 3.01. The molecule has 3 rings (SSSR count). The highest BCUT2D eigenvalue weighted by atomic mass is 35.5. The van der Waals surface area contributed by atoms with Gasteiger partial charge in [0.2, 0.25) is 5.88 Å². The SMILES string of the molecule is O=C(COc1ccccn1)NCC1CNCCOC1c1ccc(Cl)c(F)c1. The van der Waals surface area contributed by atoms with Gasteiger partial charge in [-0.25, -0.2) is 9.37 Å². The van der Waals surface area contributed by atoms with E-state index in [0.717, 1.165) is 0 Å². The van der Waals surface area contributed by atoms with Crippen LogP contribution in [0.15, 0.2) is 42.6 Å². The molecule has 2 atom stereocenters. The Kier molecular flexibility index (Phi) is 6.98. The third-order valence-corrected chi connectivity index (χ3v) is 4.54. The number of hydrogen-bond acceptors (Lipinski definition) is 5. The minimum atomic E-state index is -0.485. The van der Waals surface area contributed by atoms with Crippen molar-refractivity contribution in [1.82, 2.24) is 15.6 Å². The summed E-state index contributed by atoms with van der Waals surface area (Å²) < 4.78 is 25.1. The molecule has 0 aliphatic carbocycles. The Bertz CT molecular complexity index is 763. The predicted molar refractivity (Wildman–Crippen MR) is 99.2 cm³/mol. The van der Waals surface area contributed by atoms with Gasteiger partial charge in [0.15, 0.2) is 6.61 Å². The second-order valence-corrected chi connectivity index (χ2v) is 6.60. The molecule has 8 heteroatoms. The van der Waals surface area contributed by atoms with Crippen LogP contribution in [0.2, 0.25) is 5.02 Å². The maximum Gasteiger partial charge on any atom is 0.258 e. The van der Waals surface area contributed by atoms with Gasteiger partial charge in [0, 0.05) is 37.8 Å². The first-order valence-electron chi connectivity index (χ1n) is 8.71. The van der Waals surface area contributed by atoms with Gasteiger partial charge in [0.1, 0.15) is 5.82 Å². The molecule has 0 bridgehead atoms. The highest BCUT2D eigenvalue weighted by Crippen LogP contribution is 2.29. The van der Waals surface area contributed by atoms with Crippen molar-refractivity contribution in [2.75, 3.05) is 32.8 Å². The number of nitrogens with one attached hydrogen (secondary N) is 2. The maximum absolute atomic E-state index is 13.8. The van der Waals surface area contributed by atoms with Crippen molar-refractivity contribution < 1.29 is 18.7 Å². The molecule has 144 valence electrons. The number of rotatable bonds is 6. The molecule has 2 unspecified atom stereocenters. The van der Waals surface area contributed by atoms with E-state index in [9.17, 15) is 9.18 Å². The van der Waals surface area contributed by atoms with Crippen LogP contribution in [-0.2, 0) is 9.53 Å². The van der Waals surface area contributed by atoms with Gasteiger partial charge in [-0.3, -0.25) is 4.79 Å². The zero-order valence-electron chi connectivity index (χ0n) is 14.7. The van der Waals surface area contributed by atoms with Gasteiger partial charge in [-0.15, -0.1) is 0 Å². The van der Waals surface area contributed by atoms with Crippen LogP contribution in [0.25, 0.3) is 0 Å². The van der Waals surface area contributed by atoms with Gasteiger partial charge in [0.05, 0.1) is 17.7 Å². The first-order valence-corrected chi connectivity index (χ1v) is 9.09. The highest BCUT2D eigenvalue weighted by Gasteiger charge is 2.27. The summed E-state index contributed by atoms with van der Waals surface area (Å²) in [6.07, 6.45) is 1.25. The normalized spacial score (nSPS) is 19.9. The third-order valence-electron chi connectivity index (χ3n) is 4.23. The Morgan fingerprint density at radius 3 is 3.07 bits per heavy atom. The van der Waals surface area contributed by atoms with E-state index in [1.54, 1.807) is 30.5 Å². The van der Waals surface area contributed by atoms with E-state index in [2.05, 4.69) is 15.6 Å². The molecule has 0 spiro atoms. The molecule has 1 amide bonds. The van der Waals surface area contributed by atoms with Crippen molar-refractivity contribution in [1.29, 1.82) is 0 Å². The molecule has 1 saturated heterocycles. The molecule has 27 heavy (non-hydrogen) atoms. The number of halogens is 2. The first kappa shape index (κ1) is 19.5. The largest absolute Gasteiger partial charge is 0.468 e. The van der Waals surface area contributed by atoms with Crippen molar-refractivity contribution in [2.24, 2.45) is 5.92 Å². The zero-order valence-corrected chi connectivity index (χ0v) is 15.4. The summed E-state index contributed by atoms with van der Waals surface area (Å²) in [5, 5.41) is 6.18. The fraction of sp³-hybridized carbons (Fsp3) is 0.368. The van der Waals surface area contributed by atoms with Crippen LogP contribution in [0.4, 0.5) is 4.39 Å². The summed E-state index contributed by atoms with van der Waals surface area (Å²) in [7, 11) is 0. The van der Waals surface area contributed by atoms with E-state index in [1.807, 2.05) is 0 Å². The Morgan fingerprint density at radius 1 is 1.41 bits per heavy atom. The Hall–Kier alpha value is -2.22. The minimum Gasteiger partial charge on any atom is -0.468 e. The molecule has 2 N–H and O–H groups in total. The average Bonchev–Trinajstić information content (AvgIpc) is 2.93. The molecule has 0 saturated carbocycles. The van der Waals surface area contributed by atoms with Crippen molar-refractivity contribution in [3.8, 4) is 5.88 Å². The summed E-state index contributed by atoms with van der Waals surface area (Å²) >= 11 is 5.77. The van der Waals surface area contributed by atoms with Crippen molar-refractivity contribution in [2.45, 2.75) is 6.10 Å². The molecule has 2 heterocycles. The fourth-order valence-electron chi connectivity index (χ4n) is 2.89. The lowest BCUT2D eigenvalue weighted by Gasteiger charge is -2.25. The second-order valence-electron chi connectivity index (χ2n) is 6.19. The molecule has 1 aromatic carbocycles. The lowest BCUT2D eigenvalue weighted by atomic mass is 9.95. The molecule has 1 aromatic heterocycles. The van der Waals surface area contributed by atoms with Gasteiger partial charge < -0.3 is 20.1 Å². The number of hydrogen-bond donors (Lipinski definition) is 2. The molecular weight excluding hydrogens is 373 g/mol. The second kappa shape index (κ2) is 9.64. The first-order chi connectivity index (χ1) is 13.1. The van der Waals surface area contributed by atoms with Crippen LogP contribution in [0.3, 0.4) is 0 Å². The molecule has 1 fully saturated rings. The standard InChI is InChI=1S/C19H21ClFN3O3/c20-15-5-4-13(9-16(15)21)19-14(10-22-7-8-26-19)11-24-17(25)12-27-18-3-1-2-6-23-18/h1-6,9,14,19,22H,7-8,10-12H2,(H,24,25). The van der Waals surface area contributed by atoms with Gasteiger partial charge in [-0.1, -0.05) is 23.7 Å². The number of nitrogens with zero attached hydrogens (tertiary/aromatic N) is 1. The lowest BCUT2D eigenvalue weighted by Crippen LogP contribution is -2.38. The Balaban J connectivity index is 1.58. The number of carbonyl (C=O) groups is 1. The van der Waals surface area contributed by atoms with E-state index in [0.29, 0.717) is 37.7 Å². The Morgan fingerprint density at radius 2 is 2.30 bits per heavy atom. The van der Waals surface area contributed by atoms with Gasteiger partial charge in [0.25, 0.3) is 5.91 Å². The van der Waals surface area contributed by atoms with Crippen LogP contribution in [0, 0.1) is 11.7 Å². The predicted octanol–water partition coefficient (Wildman–Crippen LogP) is 2.35. The number of carbonyl (C=O) groups excluding carboxylic acids is 1. The van der Waals surface area contributed by atoms with Crippen molar-refractivity contribution in [3.63, 3.8) is 0 Å². The monoisotopic (exact) mass is 393 g/mol. The minimum absolute atomic E-state index is 0.0631. The summed E-state index contributed by atoms with van der Waals surface area (Å²) in [6, 6.07) is 9.89. The summed E-state index contributed by atoms with van der Waals surface area (Å²) in [4.78, 5) is 16.1. The summed E-state index contributed by atoms with van der Waals surface area (Å²) in [5.74, 6) is -0.416. The number of amides is 1. The molecule has 6 nitrogen and oxygen atoms in total. The summed E-state index contributed by atoms with van der Waals surface area (Å²) in [6.45, 7) is 2.07. The topological polar surface area (TPSA) is 72.5 Å². The van der Waals surface area contributed by atoms with Gasteiger partial charge in [-0.2, -0.15) is 0 Å². The van der Waals surface area contributed by atoms with Crippen LogP contribution < -0.4 is 15.4 Å². The Labute approximate surface area is 162 Å². The molecular formula is C19H21ClFN3O3. The maximum atomic E-state index is 13.8. The molecule has 2 aromatic rings. The van der Waals surface area contributed by atoms with Crippen molar-refractivity contribution in [3.05, 3.63) is 59.0 Å². The molecule has 1 aliphatic rings. The van der Waals surface area contributed by atoms with Crippen LogP contribution in [-0.4, -0.2) is 43.7 Å². The van der Waals surface area contributed by atoms with Crippen LogP contribution >= 0.6 is 11.6 Å². The van der Waals surface area contributed by atoms with E-state index >= 15 is 0 Å². The smallest absolute Gasteiger partial charge is 0.258 e. The zero-order chi connectivity index (χ0) is 19.1. The van der Waals surface area contributed by atoms with E-state index in [1.165, 1.54) is 12.1 Å². The average molecular weight is 394 g/mol. The van der Waals surface area contributed by atoms with E-state index in [4.69, 9.17) is 21.1 Å². The quantitative estimate of drug-likeness (QED) is 0.788. The molecule has 1 aliphatic heterocycles. The van der Waals surface area contributed by atoms with Crippen molar-refractivity contribution >= 4 is 17.5 Å². The summed E-state index contributed by atoms with van der Waals surface area (Å²) in [5.41, 5.74) is 0.699. The van der Waals surface area contributed by atoms with Gasteiger partial charge in [-0.05, 0) is 23.8 Å². The van der Waals surface area contributed by atoms with E-state index in [-0.39, 0.29) is 29.6 Å².